The molecule has 1 N–H and O–H groups in total. The minimum absolute atomic E-state index is 0.0384. The fourth-order valence-corrected chi connectivity index (χ4v) is 6.97. The van der Waals surface area contributed by atoms with Crippen LogP contribution >= 0.6 is 0 Å². The highest BCUT2D eigenvalue weighted by Crippen LogP contribution is 2.72. The second-order valence-electron chi connectivity index (χ2n) is 10.6. The van der Waals surface area contributed by atoms with Crippen LogP contribution in [0.15, 0.2) is 48.3 Å². The van der Waals surface area contributed by atoms with Gasteiger partial charge in [-0.2, -0.15) is 0 Å². The summed E-state index contributed by atoms with van der Waals surface area (Å²) in [7, 11) is 3.28. The molecule has 3 aliphatic carbocycles. The summed E-state index contributed by atoms with van der Waals surface area (Å²) in [4.78, 5) is 0. The van der Waals surface area contributed by atoms with Crippen molar-refractivity contribution >= 4 is 0 Å². The lowest BCUT2D eigenvalue weighted by Crippen LogP contribution is -2.62. The van der Waals surface area contributed by atoms with Gasteiger partial charge in [0, 0.05) is 12.5 Å². The zero-order chi connectivity index (χ0) is 23.3. The van der Waals surface area contributed by atoms with Crippen molar-refractivity contribution in [3.8, 4) is 11.5 Å². The summed E-state index contributed by atoms with van der Waals surface area (Å²) in [5.74, 6) is 2.00. The Labute approximate surface area is 196 Å². The maximum Gasteiger partial charge on any atom is 0.147 e. The van der Waals surface area contributed by atoms with Crippen LogP contribution in [0, 0.1) is 16.7 Å². The van der Waals surface area contributed by atoms with Crippen LogP contribution in [0.2, 0.25) is 0 Å². The monoisotopic (exact) mass is 456 g/mol. The maximum absolute atomic E-state index is 12.4. The van der Waals surface area contributed by atoms with Crippen molar-refractivity contribution in [1.29, 1.82) is 0 Å². The number of hydrogen-bond donors (Lipinski definition) is 1. The second kappa shape index (κ2) is 8.12. The molecule has 5 rings (SSSR count). The number of methoxy groups -OCH3 is 2. The average Bonchev–Trinajstić information content (AvgIpc) is 3.14. The van der Waals surface area contributed by atoms with E-state index >= 15 is 0 Å². The van der Waals surface area contributed by atoms with E-state index in [4.69, 9.17) is 23.7 Å². The van der Waals surface area contributed by atoms with Gasteiger partial charge in [-0.25, -0.2) is 0 Å². The first kappa shape index (κ1) is 22.9. The van der Waals surface area contributed by atoms with Gasteiger partial charge >= 0.3 is 0 Å². The number of ether oxygens (including phenoxy) is 5. The van der Waals surface area contributed by atoms with E-state index in [1.54, 1.807) is 20.5 Å². The molecule has 1 aromatic rings. The molecule has 6 heteroatoms. The van der Waals surface area contributed by atoms with Gasteiger partial charge in [-0.15, -0.1) is 0 Å². The third kappa shape index (κ3) is 3.29. The first-order valence-corrected chi connectivity index (χ1v) is 12.0. The summed E-state index contributed by atoms with van der Waals surface area (Å²) in [6.45, 7) is 5.33. The molecule has 6 nitrogen and oxygen atoms in total. The largest absolute Gasteiger partial charge is 0.497 e. The van der Waals surface area contributed by atoms with Crippen LogP contribution in [0.1, 0.15) is 46.0 Å². The van der Waals surface area contributed by atoms with Crippen molar-refractivity contribution in [2.45, 2.75) is 63.3 Å². The van der Waals surface area contributed by atoms with E-state index in [0.29, 0.717) is 12.5 Å². The predicted molar refractivity (Wildman–Crippen MR) is 124 cm³/mol. The summed E-state index contributed by atoms with van der Waals surface area (Å²) < 4.78 is 28.3. The molecule has 1 aliphatic heterocycles. The van der Waals surface area contributed by atoms with Crippen LogP contribution in [0.5, 0.6) is 11.5 Å². The molecular formula is C27H36O6. The molecule has 0 unspecified atom stereocenters. The van der Waals surface area contributed by atoms with Crippen LogP contribution in [-0.4, -0.2) is 50.0 Å². The average molecular weight is 457 g/mol. The van der Waals surface area contributed by atoms with Gasteiger partial charge in [0.2, 0.25) is 0 Å². The Morgan fingerprint density at radius 1 is 1.12 bits per heavy atom. The fourth-order valence-electron chi connectivity index (χ4n) is 6.97. The van der Waals surface area contributed by atoms with Gasteiger partial charge in [-0.1, -0.05) is 13.8 Å². The van der Waals surface area contributed by atoms with Crippen LogP contribution in [0.3, 0.4) is 0 Å². The molecule has 0 aromatic heterocycles. The number of fused-ring (bicyclic) bond motifs is 3. The first-order valence-electron chi connectivity index (χ1n) is 12.0. The highest BCUT2D eigenvalue weighted by atomic mass is 16.7. The van der Waals surface area contributed by atoms with Crippen LogP contribution < -0.4 is 9.47 Å². The van der Waals surface area contributed by atoms with Gasteiger partial charge in [0.1, 0.15) is 23.9 Å². The highest BCUT2D eigenvalue weighted by molar-refractivity contribution is 5.40. The van der Waals surface area contributed by atoms with Crippen LogP contribution in [0.4, 0.5) is 0 Å². The Hall–Kier alpha value is -1.86. The van der Waals surface area contributed by atoms with Crippen molar-refractivity contribution in [2.75, 3.05) is 27.6 Å². The third-order valence-corrected chi connectivity index (χ3v) is 9.08. The Kier molecular flexibility index (Phi) is 5.64. The van der Waals surface area contributed by atoms with Gasteiger partial charge in [0.25, 0.3) is 0 Å². The maximum atomic E-state index is 12.4. The lowest BCUT2D eigenvalue weighted by molar-refractivity contribution is -0.266. The first-order chi connectivity index (χ1) is 15.8. The lowest BCUT2D eigenvalue weighted by atomic mass is 9.59. The molecule has 33 heavy (non-hydrogen) atoms. The zero-order valence-electron chi connectivity index (χ0n) is 20.1. The van der Waals surface area contributed by atoms with Crippen molar-refractivity contribution in [3.05, 3.63) is 48.3 Å². The third-order valence-electron chi connectivity index (χ3n) is 9.08. The summed E-state index contributed by atoms with van der Waals surface area (Å²) in [5, 5.41) is 12.4. The normalized spacial score (nSPS) is 38.6. The van der Waals surface area contributed by atoms with E-state index in [1.807, 2.05) is 24.3 Å². The minimum atomic E-state index is -0.927. The number of hydrogen-bond acceptors (Lipinski definition) is 6. The standard InChI is InChI=1S/C27H36O6/c1-24(2)19-11-12-26(24,13-14-31-22-8-6-21(30-4)7-9-22)27(28,16-19)20-5-10-23-25(15-20,17-32-23)33-18-29-3/h6-9,13-15,19,23,28H,5,10-12,16-18H2,1-4H3/b14-13+/t19-,23+,25+,26-,27-/m1/s1. The molecule has 1 saturated heterocycles. The SMILES string of the molecule is COCO[C@]12C=C([C@]3(O)C[C@H]4CC[C@@]3(/C=C/Oc3ccc(OC)cc3)C4(C)C)CC[C@@H]1OC2. The number of rotatable bonds is 8. The lowest BCUT2D eigenvalue weighted by Gasteiger charge is -2.54. The van der Waals surface area contributed by atoms with E-state index in [-0.39, 0.29) is 18.3 Å². The smallest absolute Gasteiger partial charge is 0.147 e. The Morgan fingerprint density at radius 2 is 1.88 bits per heavy atom. The number of benzene rings is 1. The van der Waals surface area contributed by atoms with Gasteiger partial charge < -0.3 is 28.8 Å². The Bertz CT molecular complexity index is 936. The van der Waals surface area contributed by atoms with Crippen molar-refractivity contribution in [3.63, 3.8) is 0 Å². The Balaban J connectivity index is 1.45. The molecule has 2 bridgehead atoms. The van der Waals surface area contributed by atoms with Crippen LogP contribution in [-0.2, 0) is 14.2 Å². The van der Waals surface area contributed by atoms with Gasteiger partial charge in [0.05, 0.1) is 31.7 Å². The van der Waals surface area contributed by atoms with E-state index in [1.165, 1.54) is 0 Å². The molecule has 5 atom stereocenters. The summed E-state index contributed by atoms with van der Waals surface area (Å²) >= 11 is 0. The molecule has 0 spiro atoms. The van der Waals surface area contributed by atoms with E-state index in [0.717, 1.165) is 49.2 Å². The van der Waals surface area contributed by atoms with E-state index < -0.39 is 16.6 Å². The molecule has 1 heterocycles. The molecule has 3 fully saturated rings. The van der Waals surface area contributed by atoms with Crippen molar-refractivity contribution in [2.24, 2.45) is 16.7 Å². The minimum Gasteiger partial charge on any atom is -0.497 e. The summed E-state index contributed by atoms with van der Waals surface area (Å²) in [6, 6.07) is 7.54. The van der Waals surface area contributed by atoms with E-state index in [2.05, 4.69) is 26.0 Å². The molecule has 180 valence electrons. The zero-order valence-corrected chi connectivity index (χ0v) is 20.1. The van der Waals surface area contributed by atoms with Gasteiger partial charge in [-0.3, -0.25) is 0 Å². The molecule has 2 saturated carbocycles. The molecular weight excluding hydrogens is 420 g/mol. The summed E-state index contributed by atoms with van der Waals surface area (Å²) in [5.41, 5.74) is -0.778. The Morgan fingerprint density at radius 3 is 2.52 bits per heavy atom. The topological polar surface area (TPSA) is 66.4 Å². The quantitative estimate of drug-likeness (QED) is 0.350. The van der Waals surface area contributed by atoms with Crippen molar-refractivity contribution < 1.29 is 28.8 Å². The van der Waals surface area contributed by atoms with E-state index in [9.17, 15) is 5.11 Å². The highest BCUT2D eigenvalue weighted by Gasteiger charge is 2.71. The van der Waals surface area contributed by atoms with Crippen LogP contribution in [0.25, 0.3) is 0 Å². The molecule has 1 aromatic carbocycles. The predicted octanol–water partition coefficient (Wildman–Crippen LogP) is 4.62. The van der Waals surface area contributed by atoms with Gasteiger partial charge in [-0.05, 0) is 85.4 Å². The molecule has 4 aliphatic rings. The second-order valence-corrected chi connectivity index (χ2v) is 10.6. The number of aliphatic hydroxyl groups is 1. The van der Waals surface area contributed by atoms with Gasteiger partial charge in [0.15, 0.2) is 0 Å². The molecule has 0 amide bonds. The molecule has 0 radical (unpaired) electrons. The van der Waals surface area contributed by atoms with Crippen molar-refractivity contribution in [1.82, 2.24) is 0 Å². The summed E-state index contributed by atoms with van der Waals surface area (Å²) in [6.07, 6.45) is 10.6. The fraction of sp³-hybridized carbons (Fsp3) is 0.630.